The van der Waals surface area contributed by atoms with E-state index in [0.717, 1.165) is 45.1 Å². The Bertz CT molecular complexity index is 415. The zero-order chi connectivity index (χ0) is 15.4. The molecule has 0 atom stereocenters. The minimum atomic E-state index is 0.641. The average Bonchev–Trinajstić information content (AvgIpc) is 2.56. The lowest BCUT2D eigenvalue weighted by molar-refractivity contribution is 0.128. The highest BCUT2D eigenvalue weighted by Crippen LogP contribution is 2.15. The van der Waals surface area contributed by atoms with Gasteiger partial charge in [0.05, 0.1) is 12.3 Å². The summed E-state index contributed by atoms with van der Waals surface area (Å²) in [6, 6.07) is 0.641. The highest BCUT2D eigenvalue weighted by Gasteiger charge is 2.22. The first-order valence-corrected chi connectivity index (χ1v) is 8.86. The molecule has 3 heterocycles. The molecule has 0 amide bonds. The van der Waals surface area contributed by atoms with Crippen LogP contribution in [-0.4, -0.2) is 78.8 Å². The van der Waals surface area contributed by atoms with Gasteiger partial charge in [-0.15, -0.1) is 0 Å². The first kappa shape index (κ1) is 15.8. The van der Waals surface area contributed by atoms with Gasteiger partial charge in [-0.3, -0.25) is 9.80 Å². The van der Waals surface area contributed by atoms with Gasteiger partial charge in [-0.2, -0.15) is 0 Å². The standard InChI is InChI=1S/C17H30N5/c1-15(2)21-8-10-22(11-9-21)17-13-18-12-16(19-17)14-20-6-4-3-5-7-20/h15,18H,3-12,14H2,1-2H3. The zero-order valence-electron chi connectivity index (χ0n) is 14.1. The van der Waals surface area contributed by atoms with Crippen LogP contribution in [0.25, 0.3) is 0 Å². The molecule has 1 N–H and O–H groups in total. The predicted octanol–water partition coefficient (Wildman–Crippen LogP) is 1.14. The Kier molecular flexibility index (Phi) is 5.37. The molecule has 5 heteroatoms. The van der Waals surface area contributed by atoms with Gasteiger partial charge < -0.3 is 10.2 Å². The summed E-state index contributed by atoms with van der Waals surface area (Å²) < 4.78 is 0. The zero-order valence-corrected chi connectivity index (χ0v) is 14.1. The fourth-order valence-electron chi connectivity index (χ4n) is 3.51. The van der Waals surface area contributed by atoms with Crippen molar-refractivity contribution in [3.63, 3.8) is 0 Å². The van der Waals surface area contributed by atoms with Crippen molar-refractivity contribution in [2.24, 2.45) is 4.99 Å². The molecule has 0 aliphatic carbocycles. The summed E-state index contributed by atoms with van der Waals surface area (Å²) in [5, 5.41) is 3.31. The normalized spacial score (nSPS) is 25.0. The van der Waals surface area contributed by atoms with Crippen LogP contribution in [0.1, 0.15) is 33.1 Å². The van der Waals surface area contributed by atoms with Crippen LogP contribution in [0.4, 0.5) is 0 Å². The summed E-state index contributed by atoms with van der Waals surface area (Å²) >= 11 is 0. The van der Waals surface area contributed by atoms with Gasteiger partial charge in [0.15, 0.2) is 5.82 Å². The number of likely N-dealkylation sites (tertiary alicyclic amines) is 1. The van der Waals surface area contributed by atoms with Crippen molar-refractivity contribution < 1.29 is 0 Å². The molecule has 3 rings (SSSR count). The number of hydrogen-bond donors (Lipinski definition) is 1. The lowest BCUT2D eigenvalue weighted by Crippen LogP contribution is -2.49. The summed E-state index contributed by atoms with van der Waals surface area (Å²) in [6.45, 7) is 13.3. The maximum absolute atomic E-state index is 4.89. The van der Waals surface area contributed by atoms with Crippen LogP contribution < -0.4 is 5.32 Å². The van der Waals surface area contributed by atoms with Crippen molar-refractivity contribution in [3.05, 3.63) is 12.0 Å². The molecule has 0 saturated carbocycles. The lowest BCUT2D eigenvalue weighted by Gasteiger charge is -2.38. The van der Waals surface area contributed by atoms with Crippen LogP contribution >= 0.6 is 0 Å². The minimum absolute atomic E-state index is 0.641. The molecule has 1 radical (unpaired) electrons. The SMILES string of the molecule is CC(C)N1CCN(C2=[C]NCC(CN3CCCCC3)=N2)CC1. The number of rotatable bonds is 4. The van der Waals surface area contributed by atoms with E-state index in [-0.39, 0.29) is 0 Å². The Balaban J connectivity index is 1.54. The molecule has 3 aliphatic heterocycles. The molecule has 0 aromatic heterocycles. The van der Waals surface area contributed by atoms with Crippen LogP contribution in [0.5, 0.6) is 0 Å². The number of aliphatic imine (C=N–C) groups is 1. The topological polar surface area (TPSA) is 34.1 Å². The largest absolute Gasteiger partial charge is 0.375 e. The molecule has 3 aliphatic rings. The molecule has 22 heavy (non-hydrogen) atoms. The van der Waals surface area contributed by atoms with Crippen molar-refractivity contribution in [1.82, 2.24) is 20.0 Å². The van der Waals surface area contributed by atoms with E-state index >= 15 is 0 Å². The van der Waals surface area contributed by atoms with E-state index < -0.39 is 0 Å². The predicted molar refractivity (Wildman–Crippen MR) is 90.8 cm³/mol. The Morgan fingerprint density at radius 3 is 2.45 bits per heavy atom. The summed E-state index contributed by atoms with van der Waals surface area (Å²) in [4.78, 5) is 12.3. The van der Waals surface area contributed by atoms with Gasteiger partial charge in [-0.05, 0) is 39.8 Å². The van der Waals surface area contributed by atoms with E-state index in [1.54, 1.807) is 0 Å². The van der Waals surface area contributed by atoms with Crippen molar-refractivity contribution in [3.8, 4) is 0 Å². The molecule has 5 nitrogen and oxygen atoms in total. The Hall–Kier alpha value is -1.07. The molecule has 0 unspecified atom stereocenters. The highest BCUT2D eigenvalue weighted by molar-refractivity contribution is 5.89. The Labute approximate surface area is 135 Å². The quantitative estimate of drug-likeness (QED) is 0.845. The van der Waals surface area contributed by atoms with Gasteiger partial charge in [0.1, 0.15) is 6.20 Å². The molecular formula is C17H30N5. The maximum Gasteiger partial charge on any atom is 0.154 e. The van der Waals surface area contributed by atoms with E-state index in [2.05, 4.69) is 40.1 Å². The molecule has 0 bridgehead atoms. The fraction of sp³-hybridized carbons (Fsp3) is 0.824. The van der Waals surface area contributed by atoms with Gasteiger partial charge in [-0.1, -0.05) is 6.42 Å². The van der Waals surface area contributed by atoms with Gasteiger partial charge >= 0.3 is 0 Å². The van der Waals surface area contributed by atoms with Gasteiger partial charge in [-0.25, -0.2) is 4.99 Å². The van der Waals surface area contributed by atoms with Crippen LogP contribution in [-0.2, 0) is 0 Å². The summed E-state index contributed by atoms with van der Waals surface area (Å²) in [7, 11) is 0. The van der Waals surface area contributed by atoms with Gasteiger partial charge in [0, 0.05) is 38.8 Å². The van der Waals surface area contributed by atoms with E-state index in [1.807, 2.05) is 0 Å². The van der Waals surface area contributed by atoms with Gasteiger partial charge in [0.2, 0.25) is 0 Å². The summed E-state index contributed by atoms with van der Waals surface area (Å²) in [5.41, 5.74) is 1.27. The Morgan fingerprint density at radius 1 is 1.05 bits per heavy atom. The second-order valence-corrected chi connectivity index (χ2v) is 6.93. The molecule has 0 aromatic carbocycles. The molecule has 123 valence electrons. The molecular weight excluding hydrogens is 274 g/mol. The van der Waals surface area contributed by atoms with Gasteiger partial charge in [0.25, 0.3) is 0 Å². The molecule has 2 fully saturated rings. The minimum Gasteiger partial charge on any atom is -0.375 e. The van der Waals surface area contributed by atoms with Crippen molar-refractivity contribution >= 4 is 5.71 Å². The summed E-state index contributed by atoms with van der Waals surface area (Å²) in [5.74, 6) is 1.02. The van der Waals surface area contributed by atoms with Crippen molar-refractivity contribution in [2.45, 2.75) is 39.2 Å². The molecule has 0 spiro atoms. The number of piperidine rings is 1. The monoisotopic (exact) mass is 304 g/mol. The summed E-state index contributed by atoms with van der Waals surface area (Å²) in [6.07, 6.45) is 7.34. The molecule has 2 saturated heterocycles. The average molecular weight is 304 g/mol. The van der Waals surface area contributed by atoms with E-state index in [0.29, 0.717) is 6.04 Å². The number of nitrogens with zero attached hydrogens (tertiary/aromatic N) is 4. The highest BCUT2D eigenvalue weighted by atomic mass is 15.3. The first-order valence-electron chi connectivity index (χ1n) is 8.86. The fourth-order valence-corrected chi connectivity index (χ4v) is 3.51. The Morgan fingerprint density at radius 2 is 1.77 bits per heavy atom. The molecule has 0 aromatic rings. The second kappa shape index (κ2) is 7.47. The van der Waals surface area contributed by atoms with Crippen LogP contribution in [0.3, 0.4) is 0 Å². The van der Waals surface area contributed by atoms with Crippen LogP contribution in [0.2, 0.25) is 0 Å². The number of nitrogens with one attached hydrogen (secondary N) is 1. The third-order valence-corrected chi connectivity index (χ3v) is 4.96. The third kappa shape index (κ3) is 4.02. The number of piperazine rings is 1. The van der Waals surface area contributed by atoms with E-state index in [1.165, 1.54) is 38.1 Å². The maximum atomic E-state index is 4.89. The van der Waals surface area contributed by atoms with Crippen LogP contribution in [0.15, 0.2) is 10.8 Å². The van der Waals surface area contributed by atoms with E-state index in [9.17, 15) is 0 Å². The van der Waals surface area contributed by atoms with Crippen molar-refractivity contribution in [1.29, 1.82) is 0 Å². The van der Waals surface area contributed by atoms with Crippen LogP contribution in [0, 0.1) is 6.20 Å². The first-order chi connectivity index (χ1) is 10.7. The van der Waals surface area contributed by atoms with E-state index in [4.69, 9.17) is 4.99 Å². The lowest BCUT2D eigenvalue weighted by atomic mass is 10.1. The smallest absolute Gasteiger partial charge is 0.154 e. The third-order valence-electron chi connectivity index (χ3n) is 4.96. The number of hydrogen-bond acceptors (Lipinski definition) is 5. The second-order valence-electron chi connectivity index (χ2n) is 6.93. The van der Waals surface area contributed by atoms with Crippen molar-refractivity contribution in [2.75, 3.05) is 52.4 Å².